The van der Waals surface area contributed by atoms with Crippen LogP contribution in [-0.4, -0.2) is 197 Å². The Morgan fingerprint density at radius 1 is 0.290 bits per heavy atom. The van der Waals surface area contributed by atoms with Crippen LogP contribution < -0.4 is 53.6 Å². The largest absolute Gasteiger partial charge is 2.00 e. The van der Waals surface area contributed by atoms with Gasteiger partial charge < -0.3 is 193 Å². The van der Waals surface area contributed by atoms with Gasteiger partial charge in [-0.25, -0.2) is 0 Å². The smallest absolute Gasteiger partial charge is 0.850 e. The van der Waals surface area contributed by atoms with Gasteiger partial charge in [0.25, 0.3) is 0 Å². The van der Waals surface area contributed by atoms with Crippen molar-refractivity contribution in [1.82, 2.24) is 19.6 Å². The molecule has 44 nitrogen and oxygen atoms in total. The molecular formula is C46H104N8O36Zn3+10. The van der Waals surface area contributed by atoms with Crippen LogP contribution in [0, 0.1) is 0 Å². The summed E-state index contributed by atoms with van der Waals surface area (Å²) in [5, 5.41) is 71.2. The van der Waals surface area contributed by atoms with Gasteiger partial charge in [-0.15, -0.1) is 12.2 Å². The van der Waals surface area contributed by atoms with E-state index in [9.17, 15) is 69.0 Å². The molecule has 62 N–H and O–H groups in total. The average molecular weight is 1540 g/mol. The van der Waals surface area contributed by atoms with E-state index in [0.717, 1.165) is 0 Å². The number of amides is 4. The Morgan fingerprint density at radius 3 is 0.538 bits per heavy atom. The second-order valence-corrected chi connectivity index (χ2v) is 15.6. The number of hydrogen-bond acceptors (Lipinski definition) is 18. The van der Waals surface area contributed by atoms with Gasteiger partial charge in [-0.1, -0.05) is 97.1 Å². The molecule has 0 aliphatic heterocycles. The van der Waals surface area contributed by atoms with Gasteiger partial charge in [0.15, 0.2) is 0 Å². The number of carboxylic acids is 4. The predicted molar refractivity (Wildman–Crippen MR) is 321 cm³/mol. The molecule has 0 saturated carbocycles. The van der Waals surface area contributed by atoms with Gasteiger partial charge >= 0.3 is 58.4 Å². The molecule has 47 heteroatoms. The molecule has 0 saturated heterocycles. The van der Waals surface area contributed by atoms with Crippen molar-refractivity contribution >= 4 is 47.5 Å². The Balaban J connectivity index is -0.0000000395. The molecular weight excluding hydrogens is 1440 g/mol. The van der Waals surface area contributed by atoms with Crippen molar-refractivity contribution in [3.05, 3.63) is 142 Å². The van der Waals surface area contributed by atoms with E-state index in [0.29, 0.717) is 22.3 Å². The predicted octanol–water partition coefficient (Wildman–Crippen LogP) is -26.3. The van der Waals surface area contributed by atoms with Gasteiger partial charge in [-0.05, 0) is 48.4 Å². The standard InChI is InChI=1S/2C23H27N4O7.22H2O.3Zn/c2*24-20(29)13-26(9-15-5-1-3-7-18(15)22(31)32)11-17(28)12-27(14-21(25)30)10-16-6-2-4-8-19(16)23(33)34;;;;;;;;;;;;;;;;;;;;;;;;;/h2*1-8,17H,9-14H2,(H2,24,29)(H2,25,30)(H,31,32)(H,33,34);22*1H2;;;/q2*-1;;;;;;;;;;;;;;;;;;;;;;;3*+2/p+6. The number of benzene rings is 4. The first-order valence-corrected chi connectivity index (χ1v) is 20.6. The number of nitrogens with zero attached hydrogens (tertiary/aromatic N) is 4. The van der Waals surface area contributed by atoms with Crippen molar-refractivity contribution in [3.8, 4) is 0 Å². The van der Waals surface area contributed by atoms with Gasteiger partial charge in [0.1, 0.15) is 0 Å². The van der Waals surface area contributed by atoms with Crippen molar-refractivity contribution in [2.24, 2.45) is 22.9 Å². The molecule has 0 aromatic heterocycles. The van der Waals surface area contributed by atoms with Crippen LogP contribution in [0.3, 0.4) is 0 Å². The van der Waals surface area contributed by atoms with E-state index in [1.54, 1.807) is 24.3 Å². The maximum Gasteiger partial charge on any atom is 2.00 e. The first-order valence-electron chi connectivity index (χ1n) is 20.6. The SMILES string of the molecule is NC(=O)CN(Cc1ccccc1C(=O)[O-])CC([O-])CN(CC(N)=O)Cc1ccccc1C(=O)[O-].NC(=O)CN(Cc1ccccc1C(=O)[O-])CC([O-])CN(CC(N)=O)Cc1ccccc1C(=O)[O-].O.O.O.O.O.O.O.O.O.O.O.O.[OH3+].[OH3+].[OH3+].[OH3+].[OH3+].[OH3+].[OH3+].[OH3+].[OH3+].[OH3+].[Zn+2].[Zn+2].[Zn+2]. The van der Waals surface area contributed by atoms with Crippen molar-refractivity contribution < 1.29 is 248 Å². The second-order valence-electron chi connectivity index (χ2n) is 15.6. The molecule has 4 aromatic rings. The van der Waals surface area contributed by atoms with Gasteiger partial charge in [-0.3, -0.25) is 38.8 Å². The average Bonchev–Trinajstić information content (AvgIpc) is 3.23. The van der Waals surface area contributed by atoms with E-state index in [1.165, 1.54) is 92.4 Å². The third kappa shape index (κ3) is 57.8. The van der Waals surface area contributed by atoms with Crippen LogP contribution in [-0.2, 0) is 159 Å². The molecule has 540 valence electrons. The topological polar surface area (TPSA) is 1100 Å². The minimum Gasteiger partial charge on any atom is -0.850 e. The van der Waals surface area contributed by atoms with Crippen LogP contribution in [0.5, 0.6) is 0 Å². The Labute approximate surface area is 567 Å². The number of nitrogens with two attached hydrogens (primary N) is 4. The van der Waals surface area contributed by atoms with E-state index in [1.807, 2.05) is 0 Å². The van der Waals surface area contributed by atoms with Gasteiger partial charge in [0.2, 0.25) is 23.6 Å². The molecule has 4 rings (SSSR count). The van der Waals surface area contributed by atoms with E-state index in [2.05, 4.69) is 0 Å². The summed E-state index contributed by atoms with van der Waals surface area (Å²) in [6.07, 6.45) is -2.74. The molecule has 0 fully saturated rings. The summed E-state index contributed by atoms with van der Waals surface area (Å²) in [7, 11) is 0. The number of primary amides is 4. The minimum atomic E-state index is -1.40. The summed E-state index contributed by atoms with van der Waals surface area (Å²) in [6, 6.07) is 24.1. The third-order valence-electron chi connectivity index (χ3n) is 9.89. The summed E-state index contributed by atoms with van der Waals surface area (Å²) in [6.45, 7) is -2.22. The van der Waals surface area contributed by atoms with E-state index < -0.39 is 59.7 Å². The van der Waals surface area contributed by atoms with Crippen LogP contribution in [0.1, 0.15) is 63.7 Å². The van der Waals surface area contributed by atoms with Crippen LogP contribution in [0.4, 0.5) is 0 Å². The van der Waals surface area contributed by atoms with Gasteiger partial charge in [0.05, 0.1) is 50.1 Å². The van der Waals surface area contributed by atoms with Crippen LogP contribution in [0.2, 0.25) is 0 Å². The molecule has 0 aliphatic carbocycles. The van der Waals surface area contributed by atoms with Crippen molar-refractivity contribution in [1.29, 1.82) is 0 Å². The summed E-state index contributed by atoms with van der Waals surface area (Å²) < 4.78 is 0. The Morgan fingerprint density at radius 2 is 0.419 bits per heavy atom. The molecule has 0 bridgehead atoms. The fourth-order valence-corrected chi connectivity index (χ4v) is 7.28. The number of hydrogen-bond donors (Lipinski definition) is 4. The molecule has 0 aliphatic rings. The molecule has 0 atom stereocenters. The number of rotatable bonds is 28. The molecule has 0 unspecified atom stereocenters. The summed E-state index contributed by atoms with van der Waals surface area (Å²) >= 11 is 0. The zero-order valence-electron chi connectivity index (χ0n) is 50.6. The molecule has 93 heavy (non-hydrogen) atoms. The zero-order valence-corrected chi connectivity index (χ0v) is 59.5. The molecule has 0 heterocycles. The maximum atomic E-state index is 12.9. The fourth-order valence-electron chi connectivity index (χ4n) is 7.28. The first-order chi connectivity index (χ1) is 32.1. The van der Waals surface area contributed by atoms with Crippen molar-refractivity contribution in [2.45, 2.75) is 38.4 Å². The van der Waals surface area contributed by atoms with Crippen LogP contribution in [0.15, 0.2) is 97.1 Å². The van der Waals surface area contributed by atoms with Crippen LogP contribution >= 0.6 is 0 Å². The number of carbonyl (C=O) groups is 8. The van der Waals surface area contributed by atoms with Crippen molar-refractivity contribution in [3.63, 3.8) is 0 Å². The maximum absolute atomic E-state index is 12.9. The van der Waals surface area contributed by atoms with E-state index in [4.69, 9.17) is 22.9 Å². The summed E-state index contributed by atoms with van der Waals surface area (Å²) in [5.74, 6) is -8.44. The monoisotopic (exact) mass is 1540 g/mol. The molecule has 4 amide bonds. The third-order valence-corrected chi connectivity index (χ3v) is 9.89. The number of aromatic carboxylic acids is 4. The van der Waals surface area contributed by atoms with E-state index in [-0.39, 0.29) is 280 Å². The van der Waals surface area contributed by atoms with Crippen LogP contribution in [0.25, 0.3) is 0 Å². The number of carboxylic acid groups (broad SMARTS) is 4. The molecule has 4 aromatic carbocycles. The first kappa shape index (κ1) is 157. The summed E-state index contributed by atoms with van der Waals surface area (Å²) in [4.78, 5) is 97.2. The molecule has 0 radical (unpaired) electrons. The Hall–Kier alpha value is -6.61. The minimum absolute atomic E-state index is 0. The zero-order chi connectivity index (χ0) is 50.5. The normalized spacial score (nSPS) is 8.17. The summed E-state index contributed by atoms with van der Waals surface area (Å²) in [5.41, 5.74) is 22.2. The fraction of sp³-hybridized carbons (Fsp3) is 0.304. The van der Waals surface area contributed by atoms with Gasteiger partial charge in [0, 0.05) is 48.4 Å². The molecule has 0 spiro atoms. The number of carbonyl (C=O) groups excluding carboxylic acids is 8. The Kier molecular flexibility index (Phi) is 134. The van der Waals surface area contributed by atoms with Gasteiger partial charge in [-0.2, -0.15) is 0 Å². The quantitative estimate of drug-likeness (QED) is 0.0303. The van der Waals surface area contributed by atoms with E-state index >= 15 is 0 Å². The van der Waals surface area contributed by atoms with Crippen molar-refractivity contribution in [2.75, 3.05) is 52.4 Å². The second kappa shape index (κ2) is 79.6. The Bertz CT molecular complexity index is 2150.